The molecule has 1 aliphatic rings. The third-order valence-electron chi connectivity index (χ3n) is 3.43. The summed E-state index contributed by atoms with van der Waals surface area (Å²) in [4.78, 5) is 30.3. The Morgan fingerprint density at radius 3 is 2.63 bits per heavy atom. The summed E-state index contributed by atoms with van der Waals surface area (Å²) in [5, 5.41) is 8.93. The summed E-state index contributed by atoms with van der Waals surface area (Å²) in [6, 6.07) is 3.47. The molecule has 0 aromatic carbocycles. The van der Waals surface area contributed by atoms with Crippen molar-refractivity contribution in [2.24, 2.45) is 5.92 Å². The van der Waals surface area contributed by atoms with Crippen molar-refractivity contribution in [3.63, 3.8) is 0 Å². The Morgan fingerprint density at radius 2 is 2.11 bits per heavy atom. The van der Waals surface area contributed by atoms with E-state index in [1.54, 1.807) is 30.4 Å². The van der Waals surface area contributed by atoms with Gasteiger partial charge in [0.25, 0.3) is 0 Å². The molecule has 2 amide bonds. The minimum absolute atomic E-state index is 0.114. The fourth-order valence-electron chi connectivity index (χ4n) is 2.19. The lowest BCUT2D eigenvalue weighted by atomic mass is 9.97. The first-order valence-electron chi connectivity index (χ1n) is 6.25. The van der Waals surface area contributed by atoms with Gasteiger partial charge in [-0.05, 0) is 25.0 Å². The molecule has 0 bridgehead atoms. The van der Waals surface area contributed by atoms with Crippen LogP contribution < -0.4 is 4.90 Å². The number of aromatic nitrogens is 1. The average molecular weight is 263 g/mol. The number of carbonyl (C=O) groups is 2. The van der Waals surface area contributed by atoms with Gasteiger partial charge in [-0.25, -0.2) is 4.79 Å². The topological polar surface area (TPSA) is 73.7 Å². The average Bonchev–Trinajstić information content (AvgIpc) is 2.46. The summed E-state index contributed by atoms with van der Waals surface area (Å²) < 4.78 is 0. The van der Waals surface area contributed by atoms with E-state index in [0.717, 1.165) is 5.69 Å². The molecule has 1 aromatic heterocycles. The molecule has 1 N–H and O–H groups in total. The summed E-state index contributed by atoms with van der Waals surface area (Å²) in [5.74, 6) is -1.10. The number of carboxylic acids is 1. The van der Waals surface area contributed by atoms with E-state index in [9.17, 15) is 9.59 Å². The van der Waals surface area contributed by atoms with Gasteiger partial charge in [0.05, 0.1) is 17.8 Å². The molecule has 0 spiro atoms. The van der Waals surface area contributed by atoms with Crippen molar-refractivity contribution in [3.05, 3.63) is 24.5 Å². The maximum absolute atomic E-state index is 12.3. The number of carboxylic acid groups (broad SMARTS) is 1. The number of anilines is 1. The van der Waals surface area contributed by atoms with Crippen LogP contribution in [-0.2, 0) is 4.79 Å². The monoisotopic (exact) mass is 263 g/mol. The fraction of sp³-hybridized carbons (Fsp3) is 0.462. The van der Waals surface area contributed by atoms with Crippen LogP contribution >= 0.6 is 0 Å². The standard InChI is InChI=1S/C13H17N3O3/c1-15(11-3-2-6-14-9-11)13(19)16-7-4-10(5-8-16)12(17)18/h2-3,6,9-10H,4-5,7-8H2,1H3,(H,17,18). The van der Waals surface area contributed by atoms with Crippen LogP contribution in [0.2, 0.25) is 0 Å². The SMILES string of the molecule is CN(C(=O)N1CCC(C(=O)O)CC1)c1cccnc1. The van der Waals surface area contributed by atoms with E-state index in [1.807, 2.05) is 6.07 Å². The van der Waals surface area contributed by atoms with Gasteiger partial charge in [-0.2, -0.15) is 0 Å². The van der Waals surface area contributed by atoms with Crippen LogP contribution in [-0.4, -0.2) is 47.1 Å². The van der Waals surface area contributed by atoms with Crippen molar-refractivity contribution >= 4 is 17.7 Å². The number of amides is 2. The summed E-state index contributed by atoms with van der Waals surface area (Å²) in [7, 11) is 1.70. The number of rotatable bonds is 2. The van der Waals surface area contributed by atoms with Crippen LogP contribution in [0.3, 0.4) is 0 Å². The Bertz CT molecular complexity index is 455. The zero-order valence-electron chi connectivity index (χ0n) is 10.8. The summed E-state index contributed by atoms with van der Waals surface area (Å²) in [5.41, 5.74) is 0.729. The second kappa shape index (κ2) is 5.69. The molecule has 1 aromatic rings. The van der Waals surface area contributed by atoms with Gasteiger partial charge >= 0.3 is 12.0 Å². The van der Waals surface area contributed by atoms with Crippen LogP contribution in [0, 0.1) is 5.92 Å². The lowest BCUT2D eigenvalue weighted by Gasteiger charge is -2.33. The number of aliphatic carboxylic acids is 1. The maximum atomic E-state index is 12.3. The van der Waals surface area contributed by atoms with Gasteiger partial charge in [-0.15, -0.1) is 0 Å². The number of carbonyl (C=O) groups excluding carboxylic acids is 1. The van der Waals surface area contributed by atoms with Crippen molar-refractivity contribution in [3.8, 4) is 0 Å². The van der Waals surface area contributed by atoms with E-state index in [2.05, 4.69) is 4.98 Å². The molecule has 0 saturated carbocycles. The Labute approximate surface area is 111 Å². The molecular formula is C13H17N3O3. The molecule has 1 fully saturated rings. The predicted octanol–water partition coefficient (Wildman–Crippen LogP) is 1.43. The molecule has 2 heterocycles. The summed E-state index contributed by atoms with van der Waals surface area (Å²) in [6.07, 6.45) is 4.31. The smallest absolute Gasteiger partial charge is 0.324 e. The van der Waals surface area contributed by atoms with E-state index >= 15 is 0 Å². The zero-order chi connectivity index (χ0) is 13.8. The molecule has 102 valence electrons. The van der Waals surface area contributed by atoms with Gasteiger partial charge in [0.1, 0.15) is 0 Å². The number of hydrogen-bond donors (Lipinski definition) is 1. The van der Waals surface area contributed by atoms with Gasteiger partial charge in [-0.3, -0.25) is 14.7 Å². The van der Waals surface area contributed by atoms with E-state index < -0.39 is 5.97 Å². The zero-order valence-corrected chi connectivity index (χ0v) is 10.8. The molecule has 19 heavy (non-hydrogen) atoms. The Kier molecular flexibility index (Phi) is 3.99. The molecule has 0 atom stereocenters. The van der Waals surface area contributed by atoms with Crippen LogP contribution in [0.15, 0.2) is 24.5 Å². The summed E-state index contributed by atoms with van der Waals surface area (Å²) in [6.45, 7) is 0.973. The van der Waals surface area contributed by atoms with Crippen molar-refractivity contribution in [2.75, 3.05) is 25.0 Å². The highest BCUT2D eigenvalue weighted by atomic mass is 16.4. The van der Waals surface area contributed by atoms with Crippen LogP contribution in [0.1, 0.15) is 12.8 Å². The predicted molar refractivity (Wildman–Crippen MR) is 70.0 cm³/mol. The summed E-state index contributed by atoms with van der Waals surface area (Å²) >= 11 is 0. The van der Waals surface area contributed by atoms with Gasteiger partial charge in [0, 0.05) is 26.3 Å². The van der Waals surface area contributed by atoms with Crippen molar-refractivity contribution in [2.45, 2.75) is 12.8 Å². The second-order valence-corrected chi connectivity index (χ2v) is 4.65. The number of hydrogen-bond acceptors (Lipinski definition) is 3. The molecule has 6 heteroatoms. The van der Waals surface area contributed by atoms with E-state index in [4.69, 9.17) is 5.11 Å². The second-order valence-electron chi connectivity index (χ2n) is 4.65. The molecular weight excluding hydrogens is 246 g/mol. The Hall–Kier alpha value is -2.11. The molecule has 6 nitrogen and oxygen atoms in total. The first kappa shape index (κ1) is 13.3. The number of piperidine rings is 1. The molecule has 1 aliphatic heterocycles. The van der Waals surface area contributed by atoms with Crippen molar-refractivity contribution < 1.29 is 14.7 Å². The van der Waals surface area contributed by atoms with Crippen LogP contribution in [0.25, 0.3) is 0 Å². The number of likely N-dealkylation sites (tertiary alicyclic amines) is 1. The van der Waals surface area contributed by atoms with E-state index in [1.165, 1.54) is 4.90 Å². The number of urea groups is 1. The lowest BCUT2D eigenvalue weighted by molar-refractivity contribution is -0.143. The highest BCUT2D eigenvalue weighted by Gasteiger charge is 2.28. The van der Waals surface area contributed by atoms with Gasteiger partial charge in [0.2, 0.25) is 0 Å². The van der Waals surface area contributed by atoms with Crippen molar-refractivity contribution in [1.82, 2.24) is 9.88 Å². The Morgan fingerprint density at radius 1 is 1.42 bits per heavy atom. The fourth-order valence-corrected chi connectivity index (χ4v) is 2.19. The highest BCUT2D eigenvalue weighted by Crippen LogP contribution is 2.20. The minimum Gasteiger partial charge on any atom is -0.481 e. The minimum atomic E-state index is -0.771. The van der Waals surface area contributed by atoms with E-state index in [-0.39, 0.29) is 11.9 Å². The molecule has 0 unspecified atom stereocenters. The highest BCUT2D eigenvalue weighted by molar-refractivity contribution is 5.91. The third kappa shape index (κ3) is 3.01. The maximum Gasteiger partial charge on any atom is 0.324 e. The van der Waals surface area contributed by atoms with Crippen LogP contribution in [0.4, 0.5) is 10.5 Å². The van der Waals surface area contributed by atoms with Crippen LogP contribution in [0.5, 0.6) is 0 Å². The first-order valence-corrected chi connectivity index (χ1v) is 6.25. The van der Waals surface area contributed by atoms with Gasteiger partial charge in [0.15, 0.2) is 0 Å². The normalized spacial score (nSPS) is 16.2. The van der Waals surface area contributed by atoms with Crippen molar-refractivity contribution in [1.29, 1.82) is 0 Å². The Balaban J connectivity index is 1.96. The molecule has 2 rings (SSSR count). The number of pyridine rings is 1. The van der Waals surface area contributed by atoms with Gasteiger partial charge in [-0.1, -0.05) is 0 Å². The molecule has 0 radical (unpaired) electrons. The molecule has 1 saturated heterocycles. The van der Waals surface area contributed by atoms with E-state index in [0.29, 0.717) is 25.9 Å². The largest absolute Gasteiger partial charge is 0.481 e. The molecule has 0 aliphatic carbocycles. The lowest BCUT2D eigenvalue weighted by Crippen LogP contribution is -2.46. The first-order chi connectivity index (χ1) is 9.09. The van der Waals surface area contributed by atoms with Gasteiger partial charge < -0.3 is 10.0 Å². The quantitative estimate of drug-likeness (QED) is 0.876. The third-order valence-corrected chi connectivity index (χ3v) is 3.43. The number of nitrogens with zero attached hydrogens (tertiary/aromatic N) is 3.